The molecule has 0 aliphatic rings. The van der Waals surface area contributed by atoms with Crippen LogP contribution >= 0.6 is 0 Å². The Balaban J connectivity index is 2.61. The van der Waals surface area contributed by atoms with Crippen molar-refractivity contribution in [3.8, 4) is 11.1 Å². The molecule has 0 aliphatic carbocycles. The molecule has 0 fully saturated rings. The van der Waals surface area contributed by atoms with Crippen LogP contribution in [0.15, 0.2) is 39.5 Å². The summed E-state index contributed by atoms with van der Waals surface area (Å²) in [5, 5.41) is 0. The quantitative estimate of drug-likeness (QED) is 0.792. The first kappa shape index (κ1) is 11.4. The zero-order valence-electron chi connectivity index (χ0n) is 10.1. The molecule has 0 atom stereocenters. The van der Waals surface area contributed by atoms with E-state index >= 15 is 0 Å². The van der Waals surface area contributed by atoms with E-state index in [0.29, 0.717) is 17.3 Å². The van der Waals surface area contributed by atoms with Gasteiger partial charge in [-0.1, -0.05) is 30.3 Å². The lowest BCUT2D eigenvalue weighted by atomic mass is 10.1. The molecule has 0 aliphatic heterocycles. The molecule has 0 saturated heterocycles. The van der Waals surface area contributed by atoms with E-state index in [9.17, 15) is 4.79 Å². The summed E-state index contributed by atoms with van der Waals surface area (Å²) >= 11 is 0. The molecule has 1 heterocycles. The fourth-order valence-electron chi connectivity index (χ4n) is 1.63. The van der Waals surface area contributed by atoms with Gasteiger partial charge in [-0.15, -0.1) is 0 Å². The molecule has 0 spiro atoms. The average Bonchev–Trinajstić information content (AvgIpc) is 2.29. The Labute approximate surface area is 99.5 Å². The Kier molecular flexibility index (Phi) is 2.95. The molecule has 0 unspecified atom stereocenters. The van der Waals surface area contributed by atoms with Crippen molar-refractivity contribution in [3.63, 3.8) is 0 Å². The van der Waals surface area contributed by atoms with E-state index in [4.69, 9.17) is 4.42 Å². The molecule has 4 heteroatoms. The van der Waals surface area contributed by atoms with Gasteiger partial charge in [0.25, 0.3) is 6.01 Å². The van der Waals surface area contributed by atoms with Crippen LogP contribution in [0.25, 0.3) is 11.1 Å². The van der Waals surface area contributed by atoms with E-state index in [1.165, 1.54) is 0 Å². The van der Waals surface area contributed by atoms with Crippen LogP contribution < -0.4 is 10.5 Å². The van der Waals surface area contributed by atoms with E-state index in [0.717, 1.165) is 5.56 Å². The predicted molar refractivity (Wildman–Crippen MR) is 67.3 cm³/mol. The second-order valence-electron chi connectivity index (χ2n) is 4.00. The number of hydrogen-bond donors (Lipinski definition) is 0. The minimum absolute atomic E-state index is 0.326. The second kappa shape index (κ2) is 4.41. The third kappa shape index (κ3) is 2.20. The summed E-state index contributed by atoms with van der Waals surface area (Å²) in [6.45, 7) is 1.81. The van der Waals surface area contributed by atoms with Crippen molar-refractivity contribution >= 4 is 6.01 Å². The summed E-state index contributed by atoms with van der Waals surface area (Å²) in [6.07, 6.45) is 0. The number of hydrogen-bond acceptors (Lipinski definition) is 4. The molecule has 4 nitrogen and oxygen atoms in total. The predicted octanol–water partition coefficient (Wildman–Crippen LogP) is 2.08. The van der Waals surface area contributed by atoms with Crippen LogP contribution in [0.2, 0.25) is 0 Å². The zero-order chi connectivity index (χ0) is 12.4. The molecule has 88 valence electrons. The first-order chi connectivity index (χ1) is 8.09. The van der Waals surface area contributed by atoms with Crippen LogP contribution in [0.1, 0.15) is 5.69 Å². The molecule has 0 amide bonds. The monoisotopic (exact) mass is 230 g/mol. The van der Waals surface area contributed by atoms with E-state index in [1.807, 2.05) is 37.3 Å². The van der Waals surface area contributed by atoms with Gasteiger partial charge in [0.2, 0.25) is 0 Å². The molecule has 0 bridgehead atoms. The van der Waals surface area contributed by atoms with Gasteiger partial charge in [0.1, 0.15) is 0 Å². The molecule has 2 rings (SSSR count). The van der Waals surface area contributed by atoms with Crippen LogP contribution in [0.5, 0.6) is 0 Å². The van der Waals surface area contributed by atoms with Gasteiger partial charge in [0.05, 0.1) is 11.3 Å². The number of aryl methyl sites for hydroxylation is 1. The van der Waals surface area contributed by atoms with Crippen LogP contribution in [-0.4, -0.2) is 19.1 Å². The van der Waals surface area contributed by atoms with Crippen LogP contribution in [0, 0.1) is 6.92 Å². The summed E-state index contributed by atoms with van der Waals surface area (Å²) in [5.41, 5.74) is 1.68. The Morgan fingerprint density at radius 2 is 1.82 bits per heavy atom. The van der Waals surface area contributed by atoms with E-state index in [-0.39, 0.29) is 5.63 Å². The topological polar surface area (TPSA) is 46.3 Å². The lowest BCUT2D eigenvalue weighted by Gasteiger charge is -2.11. The Hall–Kier alpha value is -2.10. The summed E-state index contributed by atoms with van der Waals surface area (Å²) < 4.78 is 5.16. The van der Waals surface area contributed by atoms with Crippen LogP contribution in [0.3, 0.4) is 0 Å². The van der Waals surface area contributed by atoms with E-state index in [1.54, 1.807) is 19.0 Å². The van der Waals surface area contributed by atoms with Gasteiger partial charge in [-0.25, -0.2) is 9.78 Å². The van der Waals surface area contributed by atoms with Crippen molar-refractivity contribution in [2.24, 2.45) is 0 Å². The van der Waals surface area contributed by atoms with Gasteiger partial charge < -0.3 is 9.32 Å². The second-order valence-corrected chi connectivity index (χ2v) is 4.00. The van der Waals surface area contributed by atoms with Gasteiger partial charge >= 0.3 is 5.63 Å². The lowest BCUT2D eigenvalue weighted by molar-refractivity contribution is 0.492. The summed E-state index contributed by atoms with van der Waals surface area (Å²) in [7, 11) is 3.57. The molecule has 0 radical (unpaired) electrons. The fourth-order valence-corrected chi connectivity index (χ4v) is 1.63. The van der Waals surface area contributed by atoms with E-state index in [2.05, 4.69) is 4.98 Å². The standard InChI is InChI=1S/C13H14N2O2/c1-9-11(10-7-5-4-6-8-10)12(16)17-13(14-9)15(2)3/h4-8H,1-3H3. The van der Waals surface area contributed by atoms with Crippen molar-refractivity contribution in [1.82, 2.24) is 4.98 Å². The maximum Gasteiger partial charge on any atom is 0.348 e. The maximum atomic E-state index is 11.9. The van der Waals surface area contributed by atoms with Gasteiger partial charge in [-0.2, -0.15) is 0 Å². The fraction of sp³-hybridized carbons (Fsp3) is 0.231. The minimum atomic E-state index is -0.354. The van der Waals surface area contributed by atoms with Crippen molar-refractivity contribution < 1.29 is 4.42 Å². The lowest BCUT2D eigenvalue weighted by Crippen LogP contribution is -2.16. The highest BCUT2D eigenvalue weighted by Gasteiger charge is 2.12. The number of rotatable bonds is 2. The Morgan fingerprint density at radius 1 is 1.18 bits per heavy atom. The van der Waals surface area contributed by atoms with Crippen molar-refractivity contribution in [2.75, 3.05) is 19.0 Å². The molecular formula is C13H14N2O2. The number of benzene rings is 1. The molecule has 2 aromatic rings. The van der Waals surface area contributed by atoms with Gasteiger partial charge in [0, 0.05) is 14.1 Å². The average molecular weight is 230 g/mol. The summed E-state index contributed by atoms with van der Waals surface area (Å²) in [5.74, 6) is 0. The van der Waals surface area contributed by atoms with Gasteiger partial charge in [-0.3, -0.25) is 0 Å². The highest BCUT2D eigenvalue weighted by Crippen LogP contribution is 2.19. The number of nitrogens with zero attached hydrogens (tertiary/aromatic N) is 2. The minimum Gasteiger partial charge on any atom is -0.389 e. The summed E-state index contributed by atoms with van der Waals surface area (Å²) in [4.78, 5) is 17.9. The van der Waals surface area contributed by atoms with E-state index < -0.39 is 0 Å². The molecular weight excluding hydrogens is 216 g/mol. The zero-order valence-corrected chi connectivity index (χ0v) is 10.1. The normalized spacial score (nSPS) is 10.3. The molecule has 17 heavy (non-hydrogen) atoms. The van der Waals surface area contributed by atoms with Crippen molar-refractivity contribution in [1.29, 1.82) is 0 Å². The SMILES string of the molecule is Cc1nc(N(C)C)oc(=O)c1-c1ccccc1. The smallest absolute Gasteiger partial charge is 0.348 e. The first-order valence-electron chi connectivity index (χ1n) is 5.34. The summed E-state index contributed by atoms with van der Waals surface area (Å²) in [6, 6.07) is 9.74. The third-order valence-electron chi connectivity index (χ3n) is 2.46. The van der Waals surface area contributed by atoms with Crippen molar-refractivity contribution in [3.05, 3.63) is 46.4 Å². The van der Waals surface area contributed by atoms with Crippen LogP contribution in [0.4, 0.5) is 6.01 Å². The molecule has 0 saturated carbocycles. The molecule has 1 aromatic heterocycles. The highest BCUT2D eigenvalue weighted by atomic mass is 16.4. The first-order valence-corrected chi connectivity index (χ1v) is 5.34. The Bertz CT molecular complexity index is 574. The number of anilines is 1. The van der Waals surface area contributed by atoms with Crippen molar-refractivity contribution in [2.45, 2.75) is 6.92 Å². The highest BCUT2D eigenvalue weighted by molar-refractivity contribution is 5.64. The Morgan fingerprint density at radius 3 is 2.35 bits per heavy atom. The maximum absolute atomic E-state index is 11.9. The number of aromatic nitrogens is 1. The third-order valence-corrected chi connectivity index (χ3v) is 2.46. The largest absolute Gasteiger partial charge is 0.389 e. The van der Waals surface area contributed by atoms with Crippen LogP contribution in [-0.2, 0) is 0 Å². The van der Waals surface area contributed by atoms with Gasteiger partial charge in [0.15, 0.2) is 0 Å². The van der Waals surface area contributed by atoms with Gasteiger partial charge in [-0.05, 0) is 12.5 Å². The molecule has 0 N–H and O–H groups in total. The molecule has 1 aromatic carbocycles.